The summed E-state index contributed by atoms with van der Waals surface area (Å²) in [7, 11) is 0. The minimum atomic E-state index is 0. The second-order valence-corrected chi connectivity index (χ2v) is 0.793. The van der Waals surface area contributed by atoms with E-state index in [1.165, 1.54) is 0 Å². The Morgan fingerprint density at radius 2 is 1.50 bits per heavy atom. The van der Waals surface area contributed by atoms with Crippen LogP contribution in [0.1, 0.15) is 0 Å². The molecule has 0 fully saturated rings. The van der Waals surface area contributed by atoms with E-state index in [9.17, 15) is 0 Å². The van der Waals surface area contributed by atoms with Gasteiger partial charge in [0.1, 0.15) is 0 Å². The molecule has 1 heterocycles. The monoisotopic (exact) mass is 84.0 g/mol. The second-order valence-electron chi connectivity index (χ2n) is 0.793. The lowest BCUT2D eigenvalue weighted by Crippen LogP contribution is -1.16. The Labute approximate surface area is 35.7 Å². The third-order valence-electron chi connectivity index (χ3n) is 0.425. The van der Waals surface area contributed by atoms with Crippen LogP contribution in [0.15, 0.2) is 29.1 Å². The maximum Gasteiger partial charge on any atom is 0.0902 e. The third kappa shape index (κ3) is 0.904. The average Bonchev–Trinajstić information content (AvgIpc) is 1.76. The summed E-state index contributed by atoms with van der Waals surface area (Å²) >= 11 is 0. The fourth-order valence-electron chi connectivity index (χ4n) is 0.227. The average molecular weight is 84.1 g/mol. The van der Waals surface area contributed by atoms with Crippen molar-refractivity contribution >= 4 is 0 Å². The zero-order valence-corrected chi connectivity index (χ0v) is 3.13. The quantitative estimate of drug-likeness (QED) is 0.465. The van der Waals surface area contributed by atoms with Crippen molar-refractivity contribution in [2.45, 2.75) is 0 Å². The maximum absolute atomic E-state index is 4.58. The SMILES string of the molecule is [O].c1ccoc1. The zero-order valence-electron chi connectivity index (χ0n) is 3.13. The molecule has 0 N–H and O–H groups in total. The van der Waals surface area contributed by atoms with Gasteiger partial charge in [0.2, 0.25) is 0 Å². The van der Waals surface area contributed by atoms with Crippen LogP contribution in [-0.2, 0) is 5.48 Å². The maximum atomic E-state index is 4.58. The minimum absolute atomic E-state index is 0. The molecule has 2 nitrogen and oxygen atoms in total. The smallest absolute Gasteiger partial charge is 0.0902 e. The summed E-state index contributed by atoms with van der Waals surface area (Å²) < 4.78 is 4.58. The van der Waals surface area contributed by atoms with Crippen molar-refractivity contribution in [3.63, 3.8) is 0 Å². The Morgan fingerprint density at radius 3 is 1.67 bits per heavy atom. The summed E-state index contributed by atoms with van der Waals surface area (Å²) in [5.41, 5.74) is 0. The molecule has 1 aromatic heterocycles. The largest absolute Gasteiger partial charge is 0.473 e. The highest BCUT2D eigenvalue weighted by Crippen LogP contribution is 1.79. The first-order chi connectivity index (χ1) is 2.50. The van der Waals surface area contributed by atoms with Gasteiger partial charge in [-0.1, -0.05) is 0 Å². The molecule has 0 saturated carbocycles. The fourth-order valence-corrected chi connectivity index (χ4v) is 0.227. The molecular weight excluding hydrogens is 80.0 g/mol. The molecule has 2 radical (unpaired) electrons. The Hall–Kier alpha value is -0.760. The Balaban J connectivity index is 0.000000250. The normalized spacial score (nSPS) is 6.67. The molecule has 0 aliphatic heterocycles. The van der Waals surface area contributed by atoms with Gasteiger partial charge in [-0.2, -0.15) is 0 Å². The molecule has 6 heavy (non-hydrogen) atoms. The van der Waals surface area contributed by atoms with Crippen molar-refractivity contribution in [1.82, 2.24) is 0 Å². The van der Waals surface area contributed by atoms with Crippen LogP contribution in [0.25, 0.3) is 0 Å². The first kappa shape index (κ1) is 5.24. The van der Waals surface area contributed by atoms with E-state index in [0.29, 0.717) is 0 Å². The Kier molecular flexibility index (Phi) is 2.16. The summed E-state index contributed by atoms with van der Waals surface area (Å²) in [6.07, 6.45) is 3.25. The van der Waals surface area contributed by atoms with E-state index in [4.69, 9.17) is 0 Å². The standard InChI is InChI=1S/C4H4O.O/c1-2-4-5-3-1;/h1-4H;. The van der Waals surface area contributed by atoms with Crippen molar-refractivity contribution in [3.8, 4) is 0 Å². The highest BCUT2D eigenvalue weighted by atomic mass is 16.3. The van der Waals surface area contributed by atoms with Gasteiger partial charge >= 0.3 is 0 Å². The Bertz CT molecular complexity index is 62.0. The summed E-state index contributed by atoms with van der Waals surface area (Å²) in [4.78, 5) is 0. The summed E-state index contributed by atoms with van der Waals surface area (Å²) in [6, 6.07) is 3.67. The highest BCUT2D eigenvalue weighted by molar-refractivity contribution is 4.79. The van der Waals surface area contributed by atoms with Crippen molar-refractivity contribution in [3.05, 3.63) is 24.7 Å². The predicted molar refractivity (Wildman–Crippen MR) is 19.4 cm³/mol. The van der Waals surface area contributed by atoms with Crippen LogP contribution < -0.4 is 0 Å². The molecule has 0 saturated heterocycles. The van der Waals surface area contributed by atoms with Crippen LogP contribution in [0.2, 0.25) is 0 Å². The lowest BCUT2D eigenvalue weighted by atomic mass is 10.7. The van der Waals surface area contributed by atoms with E-state index in [1.807, 2.05) is 12.1 Å². The topological polar surface area (TPSA) is 41.6 Å². The molecule has 0 spiro atoms. The summed E-state index contributed by atoms with van der Waals surface area (Å²) in [5, 5.41) is 0. The molecule has 0 aliphatic carbocycles. The van der Waals surface area contributed by atoms with Gasteiger partial charge in [0.05, 0.1) is 12.5 Å². The predicted octanol–water partition coefficient (Wildman–Crippen LogP) is 1.16. The van der Waals surface area contributed by atoms with Crippen LogP contribution >= 0.6 is 0 Å². The van der Waals surface area contributed by atoms with Gasteiger partial charge in [-0.15, -0.1) is 0 Å². The molecule has 2 heteroatoms. The minimum Gasteiger partial charge on any atom is -0.473 e. The fraction of sp³-hybridized carbons (Fsp3) is 0. The van der Waals surface area contributed by atoms with Crippen molar-refractivity contribution in [1.29, 1.82) is 0 Å². The molecule has 1 aromatic rings. The third-order valence-corrected chi connectivity index (χ3v) is 0.425. The van der Waals surface area contributed by atoms with E-state index in [0.717, 1.165) is 0 Å². The van der Waals surface area contributed by atoms with Crippen LogP contribution in [0.3, 0.4) is 0 Å². The molecule has 0 aromatic carbocycles. The first-order valence-electron chi connectivity index (χ1n) is 1.47. The van der Waals surface area contributed by atoms with Gasteiger partial charge in [0.15, 0.2) is 0 Å². The molecule has 32 valence electrons. The molecule has 0 unspecified atom stereocenters. The van der Waals surface area contributed by atoms with Crippen LogP contribution in [0.4, 0.5) is 0 Å². The number of furan rings is 1. The lowest BCUT2D eigenvalue weighted by Gasteiger charge is -1.50. The number of hydrogen-bond acceptors (Lipinski definition) is 1. The van der Waals surface area contributed by atoms with E-state index >= 15 is 0 Å². The Morgan fingerprint density at radius 1 is 1.00 bits per heavy atom. The van der Waals surface area contributed by atoms with Gasteiger partial charge in [0.25, 0.3) is 0 Å². The van der Waals surface area contributed by atoms with E-state index in [2.05, 4.69) is 4.42 Å². The van der Waals surface area contributed by atoms with Gasteiger partial charge in [-0.05, 0) is 12.1 Å². The second kappa shape index (κ2) is 2.48. The molecule has 0 atom stereocenters. The van der Waals surface area contributed by atoms with Crippen molar-refractivity contribution < 1.29 is 9.89 Å². The summed E-state index contributed by atoms with van der Waals surface area (Å²) in [5.74, 6) is 0. The molecule has 0 bridgehead atoms. The highest BCUT2D eigenvalue weighted by Gasteiger charge is 1.58. The zero-order chi connectivity index (χ0) is 3.54. The molecule has 1 rings (SSSR count). The summed E-state index contributed by atoms with van der Waals surface area (Å²) in [6.45, 7) is 0. The first-order valence-corrected chi connectivity index (χ1v) is 1.47. The van der Waals surface area contributed by atoms with Gasteiger partial charge in [-0.25, -0.2) is 0 Å². The van der Waals surface area contributed by atoms with Crippen LogP contribution in [0.5, 0.6) is 0 Å². The van der Waals surface area contributed by atoms with Crippen LogP contribution in [0, 0.1) is 0 Å². The van der Waals surface area contributed by atoms with E-state index in [1.54, 1.807) is 12.5 Å². The number of hydrogen-bond donors (Lipinski definition) is 0. The van der Waals surface area contributed by atoms with Crippen molar-refractivity contribution in [2.75, 3.05) is 0 Å². The van der Waals surface area contributed by atoms with E-state index in [-0.39, 0.29) is 5.48 Å². The van der Waals surface area contributed by atoms with Gasteiger partial charge < -0.3 is 4.42 Å². The molecular formula is C4H4O2. The van der Waals surface area contributed by atoms with Crippen LogP contribution in [-0.4, -0.2) is 0 Å². The molecule has 0 amide bonds. The lowest BCUT2D eigenvalue weighted by molar-refractivity contribution is 0.567. The molecule has 0 aliphatic rings. The van der Waals surface area contributed by atoms with E-state index < -0.39 is 0 Å². The number of rotatable bonds is 0. The van der Waals surface area contributed by atoms with Crippen molar-refractivity contribution in [2.24, 2.45) is 0 Å². The van der Waals surface area contributed by atoms with Gasteiger partial charge in [0, 0.05) is 5.48 Å². The van der Waals surface area contributed by atoms with Gasteiger partial charge in [-0.3, -0.25) is 0 Å².